The van der Waals surface area contributed by atoms with Gasteiger partial charge in [0.15, 0.2) is 5.16 Å². The van der Waals surface area contributed by atoms with Gasteiger partial charge in [0.05, 0.1) is 16.3 Å². The summed E-state index contributed by atoms with van der Waals surface area (Å²) >= 11 is 2.98. The van der Waals surface area contributed by atoms with Gasteiger partial charge in [-0.05, 0) is 44.5 Å². The van der Waals surface area contributed by atoms with Crippen molar-refractivity contribution in [1.82, 2.24) is 24.7 Å². The summed E-state index contributed by atoms with van der Waals surface area (Å²) < 4.78 is 1.84. The van der Waals surface area contributed by atoms with Gasteiger partial charge in [-0.2, -0.15) is 0 Å². The molecule has 0 aliphatic rings. The zero-order chi connectivity index (χ0) is 21.4. The van der Waals surface area contributed by atoms with Crippen molar-refractivity contribution in [3.8, 4) is 5.69 Å². The molecule has 0 aliphatic carbocycles. The quantitative estimate of drug-likeness (QED) is 0.455. The number of rotatable bonds is 5. The lowest BCUT2D eigenvalue weighted by atomic mass is 10.2. The summed E-state index contributed by atoms with van der Waals surface area (Å²) in [6, 6.07) is 7.43. The van der Waals surface area contributed by atoms with E-state index in [4.69, 9.17) is 0 Å². The van der Waals surface area contributed by atoms with Crippen LogP contribution in [0.4, 0.5) is 5.69 Å². The summed E-state index contributed by atoms with van der Waals surface area (Å²) in [5.74, 6) is 0.462. The Morgan fingerprint density at radius 3 is 2.90 bits per heavy atom. The molecule has 154 valence electrons. The maximum atomic E-state index is 12.6. The number of thioether (sulfide) groups is 1. The Bertz CT molecular complexity index is 1310. The first kappa shape index (κ1) is 20.3. The van der Waals surface area contributed by atoms with E-state index < -0.39 is 0 Å². The zero-order valence-electron chi connectivity index (χ0n) is 16.9. The lowest BCUT2D eigenvalue weighted by Gasteiger charge is -2.12. The maximum absolute atomic E-state index is 12.6. The molecule has 3 heterocycles. The van der Waals surface area contributed by atoms with E-state index in [2.05, 4.69) is 25.5 Å². The molecule has 4 aromatic rings. The van der Waals surface area contributed by atoms with Crippen LogP contribution in [0, 0.1) is 13.8 Å². The van der Waals surface area contributed by atoms with Crippen molar-refractivity contribution in [2.45, 2.75) is 38.1 Å². The van der Waals surface area contributed by atoms with Crippen LogP contribution < -0.4 is 10.9 Å². The number of fused-ring (bicyclic) bond motifs is 1. The maximum Gasteiger partial charge on any atom is 0.259 e. The first-order valence-corrected chi connectivity index (χ1v) is 11.0. The number of carbonyl (C=O) groups is 1. The summed E-state index contributed by atoms with van der Waals surface area (Å²) in [5, 5.41) is 12.2. The molecule has 4 rings (SSSR count). The number of nitrogens with zero attached hydrogens (tertiary/aromatic N) is 4. The van der Waals surface area contributed by atoms with Crippen molar-refractivity contribution < 1.29 is 4.79 Å². The van der Waals surface area contributed by atoms with Crippen LogP contribution in [-0.4, -0.2) is 30.6 Å². The molecule has 3 aromatic heterocycles. The van der Waals surface area contributed by atoms with Crippen LogP contribution in [0.15, 0.2) is 40.5 Å². The highest BCUT2D eigenvalue weighted by Gasteiger charge is 2.19. The highest BCUT2D eigenvalue weighted by atomic mass is 32.2. The van der Waals surface area contributed by atoms with Gasteiger partial charge in [-0.25, -0.2) is 4.98 Å². The topological polar surface area (TPSA) is 106 Å². The van der Waals surface area contributed by atoms with E-state index in [9.17, 15) is 9.59 Å². The average Bonchev–Trinajstić information content (AvgIpc) is 3.26. The second-order valence-electron chi connectivity index (χ2n) is 6.89. The second-order valence-corrected chi connectivity index (χ2v) is 9.40. The molecule has 1 atom stereocenters. The van der Waals surface area contributed by atoms with Crippen molar-refractivity contribution >= 4 is 44.9 Å². The molecule has 0 bridgehead atoms. The molecule has 0 saturated heterocycles. The lowest BCUT2D eigenvalue weighted by molar-refractivity contribution is -0.114. The van der Waals surface area contributed by atoms with Crippen molar-refractivity contribution in [1.29, 1.82) is 0 Å². The fraction of sp³-hybridized carbons (Fsp3) is 0.250. The van der Waals surface area contributed by atoms with E-state index in [0.717, 1.165) is 21.0 Å². The molecule has 1 aromatic carbocycles. The summed E-state index contributed by atoms with van der Waals surface area (Å²) in [4.78, 5) is 33.4. The zero-order valence-corrected chi connectivity index (χ0v) is 18.5. The van der Waals surface area contributed by atoms with Gasteiger partial charge < -0.3 is 10.3 Å². The van der Waals surface area contributed by atoms with Gasteiger partial charge in [0.2, 0.25) is 5.91 Å². The molecular weight excluding hydrogens is 420 g/mol. The SMILES string of the molecule is CC(=O)Nc1cccc(-n2cnnc2SC(C)c2nc3sc(C)c(C)c3c(=O)[nH]2)c1. The first-order chi connectivity index (χ1) is 14.3. The number of aromatic nitrogens is 5. The molecule has 0 spiro atoms. The Morgan fingerprint density at radius 1 is 1.33 bits per heavy atom. The minimum absolute atomic E-state index is 0.117. The third-order valence-corrected chi connectivity index (χ3v) is 6.85. The van der Waals surface area contributed by atoms with Gasteiger partial charge in [0.1, 0.15) is 17.0 Å². The minimum Gasteiger partial charge on any atom is -0.326 e. The highest BCUT2D eigenvalue weighted by molar-refractivity contribution is 7.99. The van der Waals surface area contributed by atoms with Crippen molar-refractivity contribution in [2.24, 2.45) is 0 Å². The number of hydrogen-bond donors (Lipinski definition) is 2. The van der Waals surface area contributed by atoms with E-state index in [-0.39, 0.29) is 16.7 Å². The Kier molecular flexibility index (Phi) is 5.44. The Balaban J connectivity index is 1.64. The Morgan fingerprint density at radius 2 is 2.13 bits per heavy atom. The van der Waals surface area contributed by atoms with E-state index in [1.165, 1.54) is 30.0 Å². The second kappa shape index (κ2) is 8.04. The number of aromatic amines is 1. The number of nitrogens with one attached hydrogen (secondary N) is 2. The predicted octanol–water partition coefficient (Wildman–Crippen LogP) is 3.99. The first-order valence-electron chi connectivity index (χ1n) is 9.28. The van der Waals surface area contributed by atoms with Crippen LogP contribution in [-0.2, 0) is 4.79 Å². The van der Waals surface area contributed by atoms with Crippen molar-refractivity contribution in [2.75, 3.05) is 5.32 Å². The van der Waals surface area contributed by atoms with Crippen LogP contribution in [0.5, 0.6) is 0 Å². The highest BCUT2D eigenvalue weighted by Crippen LogP contribution is 2.34. The van der Waals surface area contributed by atoms with Crippen LogP contribution in [0.1, 0.15) is 35.4 Å². The van der Waals surface area contributed by atoms with Gasteiger partial charge in [0, 0.05) is 17.5 Å². The number of benzene rings is 1. The fourth-order valence-corrected chi connectivity index (χ4v) is 5.03. The summed E-state index contributed by atoms with van der Waals surface area (Å²) in [6.07, 6.45) is 1.62. The Hall–Kier alpha value is -2.98. The van der Waals surface area contributed by atoms with Crippen LogP contribution in [0.25, 0.3) is 15.9 Å². The van der Waals surface area contributed by atoms with Crippen LogP contribution in [0.3, 0.4) is 0 Å². The van der Waals surface area contributed by atoms with Gasteiger partial charge in [0.25, 0.3) is 5.56 Å². The van der Waals surface area contributed by atoms with Crippen molar-refractivity contribution in [3.63, 3.8) is 0 Å². The number of anilines is 1. The largest absolute Gasteiger partial charge is 0.326 e. The molecule has 1 unspecified atom stereocenters. The average molecular weight is 441 g/mol. The predicted molar refractivity (Wildman–Crippen MR) is 120 cm³/mol. The molecule has 8 nitrogen and oxygen atoms in total. The molecule has 0 saturated carbocycles. The van der Waals surface area contributed by atoms with Crippen LogP contribution >= 0.6 is 23.1 Å². The number of amides is 1. The minimum atomic E-state index is -0.147. The molecule has 0 fully saturated rings. The Labute approximate surface area is 180 Å². The fourth-order valence-electron chi connectivity index (χ4n) is 3.10. The van der Waals surface area contributed by atoms with Gasteiger partial charge in [-0.1, -0.05) is 17.8 Å². The standard InChI is InChI=1S/C20H20N6O2S2/c1-10-11(2)29-19-16(10)18(28)23-17(24-19)12(3)30-20-25-21-9-26(20)15-7-5-6-14(8-15)22-13(4)27/h5-9,12H,1-4H3,(H,22,27)(H,23,24,28). The molecule has 0 aliphatic heterocycles. The van der Waals surface area contributed by atoms with Gasteiger partial charge >= 0.3 is 0 Å². The molecule has 2 N–H and O–H groups in total. The summed E-state index contributed by atoms with van der Waals surface area (Å²) in [6.45, 7) is 7.38. The third kappa shape index (κ3) is 3.88. The van der Waals surface area contributed by atoms with Crippen molar-refractivity contribution in [3.05, 3.63) is 57.2 Å². The smallest absolute Gasteiger partial charge is 0.259 e. The van der Waals surface area contributed by atoms with Gasteiger partial charge in [-0.15, -0.1) is 21.5 Å². The third-order valence-electron chi connectivity index (χ3n) is 4.69. The normalized spacial score (nSPS) is 12.3. The van der Waals surface area contributed by atoms with Gasteiger partial charge in [-0.3, -0.25) is 14.2 Å². The number of hydrogen-bond acceptors (Lipinski definition) is 7. The monoisotopic (exact) mass is 440 g/mol. The summed E-state index contributed by atoms with van der Waals surface area (Å²) in [5.41, 5.74) is 2.38. The van der Waals surface area contributed by atoms with Crippen LogP contribution in [0.2, 0.25) is 0 Å². The molecule has 0 radical (unpaired) electrons. The van der Waals surface area contributed by atoms with E-state index in [1.807, 2.05) is 49.6 Å². The molecular formula is C20H20N6O2S2. The molecule has 30 heavy (non-hydrogen) atoms. The molecule has 1 amide bonds. The summed E-state index contributed by atoms with van der Waals surface area (Å²) in [7, 11) is 0. The van der Waals surface area contributed by atoms with E-state index in [1.54, 1.807) is 6.33 Å². The van der Waals surface area contributed by atoms with E-state index in [0.29, 0.717) is 22.1 Å². The number of thiophene rings is 1. The lowest BCUT2D eigenvalue weighted by Crippen LogP contribution is -2.12. The van der Waals surface area contributed by atoms with E-state index >= 15 is 0 Å². The number of H-pyrrole nitrogens is 1. The number of carbonyl (C=O) groups excluding carboxylic acids is 1. The molecule has 10 heteroatoms. The number of aryl methyl sites for hydroxylation is 2.